The van der Waals surface area contributed by atoms with Crippen molar-refractivity contribution in [2.24, 2.45) is 5.73 Å². The van der Waals surface area contributed by atoms with E-state index >= 15 is 0 Å². The number of H-pyrrole nitrogens is 1. The number of hydrogen-bond acceptors (Lipinski definition) is 3. The van der Waals surface area contributed by atoms with Gasteiger partial charge in [-0.1, -0.05) is 0 Å². The van der Waals surface area contributed by atoms with Crippen molar-refractivity contribution in [3.63, 3.8) is 0 Å². The SMILES string of the molecule is COc1ccc2c(c1)nc1[nH]c(C(C)N)cn12. The Hall–Kier alpha value is -2.01. The quantitative estimate of drug-likeness (QED) is 0.705. The first-order valence-corrected chi connectivity index (χ1v) is 5.49. The lowest BCUT2D eigenvalue weighted by Crippen LogP contribution is -2.04. The molecule has 0 spiro atoms. The van der Waals surface area contributed by atoms with Gasteiger partial charge in [0.2, 0.25) is 5.78 Å². The topological polar surface area (TPSA) is 68.3 Å². The first kappa shape index (κ1) is 10.2. The molecule has 0 radical (unpaired) electrons. The van der Waals surface area contributed by atoms with E-state index in [0.29, 0.717) is 0 Å². The fourth-order valence-electron chi connectivity index (χ4n) is 1.96. The Morgan fingerprint density at radius 2 is 2.29 bits per heavy atom. The van der Waals surface area contributed by atoms with Gasteiger partial charge in [-0.25, -0.2) is 4.98 Å². The first-order chi connectivity index (χ1) is 8.19. The summed E-state index contributed by atoms with van der Waals surface area (Å²) in [5.41, 5.74) is 8.77. The number of aromatic nitrogens is 3. The summed E-state index contributed by atoms with van der Waals surface area (Å²) in [5, 5.41) is 0. The van der Waals surface area contributed by atoms with Crippen molar-refractivity contribution in [2.75, 3.05) is 7.11 Å². The number of aromatic amines is 1. The van der Waals surface area contributed by atoms with Crippen molar-refractivity contribution in [2.45, 2.75) is 13.0 Å². The van der Waals surface area contributed by atoms with Crippen molar-refractivity contribution in [1.82, 2.24) is 14.4 Å². The molecule has 1 atom stereocenters. The van der Waals surface area contributed by atoms with Crippen molar-refractivity contribution in [3.8, 4) is 5.75 Å². The number of nitrogens with zero attached hydrogens (tertiary/aromatic N) is 2. The summed E-state index contributed by atoms with van der Waals surface area (Å²) in [4.78, 5) is 7.71. The van der Waals surface area contributed by atoms with E-state index in [9.17, 15) is 0 Å². The van der Waals surface area contributed by atoms with Crippen LogP contribution in [0, 0.1) is 0 Å². The Morgan fingerprint density at radius 3 is 3.00 bits per heavy atom. The summed E-state index contributed by atoms with van der Waals surface area (Å²) in [6.45, 7) is 1.94. The molecule has 5 heteroatoms. The molecule has 0 aliphatic heterocycles. The minimum atomic E-state index is -0.0231. The molecule has 0 fully saturated rings. The highest BCUT2D eigenvalue weighted by atomic mass is 16.5. The molecule has 0 amide bonds. The number of rotatable bonds is 2. The molecule has 0 aliphatic carbocycles. The molecule has 0 saturated carbocycles. The molecule has 3 N–H and O–H groups in total. The van der Waals surface area contributed by atoms with Crippen molar-refractivity contribution >= 4 is 16.8 Å². The number of imidazole rings is 2. The van der Waals surface area contributed by atoms with Gasteiger partial charge in [-0.15, -0.1) is 0 Å². The monoisotopic (exact) mass is 230 g/mol. The summed E-state index contributed by atoms with van der Waals surface area (Å²) in [6, 6.07) is 5.81. The van der Waals surface area contributed by atoms with Gasteiger partial charge in [0, 0.05) is 18.3 Å². The lowest BCUT2D eigenvalue weighted by atomic mass is 10.3. The number of benzene rings is 1. The van der Waals surface area contributed by atoms with Crippen LogP contribution in [0.2, 0.25) is 0 Å². The van der Waals surface area contributed by atoms with E-state index in [1.807, 2.05) is 35.7 Å². The van der Waals surface area contributed by atoms with Gasteiger partial charge in [-0.05, 0) is 19.1 Å². The molecule has 5 nitrogen and oxygen atoms in total. The van der Waals surface area contributed by atoms with Gasteiger partial charge in [0.1, 0.15) is 5.75 Å². The lowest BCUT2D eigenvalue weighted by molar-refractivity contribution is 0.415. The van der Waals surface area contributed by atoms with Crippen LogP contribution in [0.1, 0.15) is 18.7 Å². The maximum absolute atomic E-state index is 5.83. The number of nitrogens with one attached hydrogen (secondary N) is 1. The zero-order valence-corrected chi connectivity index (χ0v) is 9.77. The lowest BCUT2D eigenvalue weighted by Gasteiger charge is -1.99. The summed E-state index contributed by atoms with van der Waals surface area (Å²) in [7, 11) is 1.65. The smallest absolute Gasteiger partial charge is 0.212 e. The van der Waals surface area contributed by atoms with Crippen molar-refractivity contribution in [1.29, 1.82) is 0 Å². The van der Waals surface area contributed by atoms with E-state index in [1.165, 1.54) is 0 Å². The maximum Gasteiger partial charge on any atom is 0.212 e. The van der Waals surface area contributed by atoms with Gasteiger partial charge in [0.15, 0.2) is 0 Å². The molecule has 1 aromatic carbocycles. The Bertz CT molecular complexity index is 680. The molecule has 0 saturated heterocycles. The summed E-state index contributed by atoms with van der Waals surface area (Å²) >= 11 is 0. The summed E-state index contributed by atoms with van der Waals surface area (Å²) < 4.78 is 7.18. The van der Waals surface area contributed by atoms with Crippen molar-refractivity contribution in [3.05, 3.63) is 30.1 Å². The van der Waals surface area contributed by atoms with Crippen LogP contribution in [0.5, 0.6) is 5.75 Å². The van der Waals surface area contributed by atoms with Crippen LogP contribution in [0.4, 0.5) is 0 Å². The molecule has 17 heavy (non-hydrogen) atoms. The average molecular weight is 230 g/mol. The van der Waals surface area contributed by atoms with Gasteiger partial charge in [0.05, 0.1) is 23.8 Å². The predicted molar refractivity (Wildman–Crippen MR) is 66.2 cm³/mol. The Kier molecular flexibility index (Phi) is 2.09. The average Bonchev–Trinajstić information content (AvgIpc) is 2.84. The minimum Gasteiger partial charge on any atom is -0.497 e. The van der Waals surface area contributed by atoms with Gasteiger partial charge in [0.25, 0.3) is 0 Å². The Morgan fingerprint density at radius 1 is 1.47 bits per heavy atom. The second-order valence-electron chi connectivity index (χ2n) is 4.16. The third-order valence-electron chi connectivity index (χ3n) is 2.91. The van der Waals surface area contributed by atoms with E-state index < -0.39 is 0 Å². The highest BCUT2D eigenvalue weighted by Crippen LogP contribution is 2.22. The van der Waals surface area contributed by atoms with Crippen LogP contribution in [0.3, 0.4) is 0 Å². The van der Waals surface area contributed by atoms with Crippen LogP contribution in [0.25, 0.3) is 16.8 Å². The number of methoxy groups -OCH3 is 1. The van der Waals surface area contributed by atoms with E-state index in [4.69, 9.17) is 10.5 Å². The van der Waals surface area contributed by atoms with Crippen LogP contribution in [0.15, 0.2) is 24.4 Å². The Balaban J connectivity index is 2.26. The Labute approximate surface area is 98.2 Å². The molecule has 0 bridgehead atoms. The summed E-state index contributed by atoms with van der Waals surface area (Å²) in [5.74, 6) is 1.62. The molecule has 1 unspecified atom stereocenters. The predicted octanol–water partition coefficient (Wildman–Crippen LogP) is 1.84. The highest BCUT2D eigenvalue weighted by molar-refractivity contribution is 5.81. The first-order valence-electron chi connectivity index (χ1n) is 5.49. The van der Waals surface area contributed by atoms with E-state index in [0.717, 1.165) is 28.3 Å². The number of ether oxygens (including phenoxy) is 1. The van der Waals surface area contributed by atoms with E-state index in [-0.39, 0.29) is 6.04 Å². The summed E-state index contributed by atoms with van der Waals surface area (Å²) in [6.07, 6.45) is 1.99. The molecule has 2 heterocycles. The van der Waals surface area contributed by atoms with E-state index in [2.05, 4.69) is 9.97 Å². The normalized spacial score (nSPS) is 13.4. The molecule has 0 aliphatic rings. The third-order valence-corrected chi connectivity index (χ3v) is 2.91. The molecule has 2 aromatic heterocycles. The zero-order chi connectivity index (χ0) is 12.0. The number of nitrogens with two attached hydrogens (primary N) is 1. The maximum atomic E-state index is 5.83. The number of hydrogen-bond donors (Lipinski definition) is 2. The minimum absolute atomic E-state index is 0.0231. The van der Waals surface area contributed by atoms with Crippen LogP contribution < -0.4 is 10.5 Å². The molecule has 3 rings (SSSR count). The second-order valence-corrected chi connectivity index (χ2v) is 4.16. The van der Waals surface area contributed by atoms with Gasteiger partial charge >= 0.3 is 0 Å². The van der Waals surface area contributed by atoms with Crippen LogP contribution in [-0.4, -0.2) is 21.5 Å². The van der Waals surface area contributed by atoms with Crippen molar-refractivity contribution < 1.29 is 4.74 Å². The molecular formula is C12H14N4O. The fraction of sp³-hybridized carbons (Fsp3) is 0.250. The van der Waals surface area contributed by atoms with Gasteiger partial charge in [-0.2, -0.15) is 0 Å². The van der Waals surface area contributed by atoms with E-state index in [1.54, 1.807) is 7.11 Å². The molecule has 3 aromatic rings. The molecule has 88 valence electrons. The second kappa shape index (κ2) is 3.49. The number of fused-ring (bicyclic) bond motifs is 3. The van der Waals surface area contributed by atoms with Crippen LogP contribution in [-0.2, 0) is 0 Å². The fourth-order valence-corrected chi connectivity index (χ4v) is 1.96. The van der Waals surface area contributed by atoms with Gasteiger partial charge < -0.3 is 15.5 Å². The largest absolute Gasteiger partial charge is 0.497 e. The standard InChI is InChI=1S/C12H14N4O/c1-7(13)10-6-16-11-4-3-8(17-2)5-9(11)14-12(16)15-10/h3-7H,13H2,1-2H3,(H,14,15). The van der Waals surface area contributed by atoms with Gasteiger partial charge in [-0.3, -0.25) is 4.40 Å². The highest BCUT2D eigenvalue weighted by Gasteiger charge is 2.10. The third kappa shape index (κ3) is 1.47. The zero-order valence-electron chi connectivity index (χ0n) is 9.77. The molecular weight excluding hydrogens is 216 g/mol. The van der Waals surface area contributed by atoms with Crippen LogP contribution >= 0.6 is 0 Å².